The number of carboxylic acids is 1. The molecule has 0 bridgehead atoms. The van der Waals surface area contributed by atoms with Crippen molar-refractivity contribution >= 4 is 35.4 Å². The summed E-state index contributed by atoms with van der Waals surface area (Å²) in [5.41, 5.74) is 8.46. The molecule has 43 heavy (non-hydrogen) atoms. The fraction of sp³-hybridized carbons (Fsp3) is 0.393. The molecule has 1 saturated heterocycles. The third kappa shape index (κ3) is 8.00. The molecule has 3 aliphatic rings. The van der Waals surface area contributed by atoms with Gasteiger partial charge in [-0.05, 0) is 73.2 Å². The number of nitrogens with two attached hydrogens (primary N) is 1. The minimum absolute atomic E-state index is 0.208. The van der Waals surface area contributed by atoms with Crippen LogP contribution in [-0.2, 0) is 27.5 Å². The normalized spacial score (nSPS) is 21.1. The lowest BCUT2D eigenvalue weighted by atomic mass is 9.82. The van der Waals surface area contributed by atoms with Gasteiger partial charge in [-0.25, -0.2) is 9.59 Å². The van der Waals surface area contributed by atoms with Gasteiger partial charge in [0.15, 0.2) is 0 Å². The second kappa shape index (κ2) is 13.1. The molecule has 230 valence electrons. The fourth-order valence-electron chi connectivity index (χ4n) is 4.87. The highest BCUT2D eigenvalue weighted by Crippen LogP contribution is 2.31. The zero-order valence-electron chi connectivity index (χ0n) is 22.8. The number of amides is 5. The second-order valence-corrected chi connectivity index (χ2v) is 10.3. The van der Waals surface area contributed by atoms with Crippen molar-refractivity contribution in [3.05, 3.63) is 59.2 Å². The second-order valence-electron chi connectivity index (χ2n) is 10.3. The number of fused-ring (bicyclic) bond motifs is 1. The van der Waals surface area contributed by atoms with E-state index >= 15 is 0 Å². The molecule has 5 amide bonds. The average molecular weight is 606 g/mol. The number of ether oxygens (including phenoxy) is 1. The van der Waals surface area contributed by atoms with E-state index in [0.717, 1.165) is 29.7 Å². The number of carboxylic acid groups (broad SMARTS) is 1. The summed E-state index contributed by atoms with van der Waals surface area (Å²) in [5.74, 6) is -2.41. The van der Waals surface area contributed by atoms with E-state index in [1.54, 1.807) is 24.3 Å². The molecule has 5 rings (SSSR count). The van der Waals surface area contributed by atoms with Crippen molar-refractivity contribution in [2.45, 2.75) is 57.1 Å². The van der Waals surface area contributed by atoms with E-state index in [-0.39, 0.29) is 36.9 Å². The maximum atomic E-state index is 12.8. The van der Waals surface area contributed by atoms with Crippen LogP contribution < -0.4 is 26.4 Å². The Morgan fingerprint density at radius 3 is 2.37 bits per heavy atom. The Labute approximate surface area is 243 Å². The number of alkyl halides is 3. The first-order valence-corrected chi connectivity index (χ1v) is 13.4. The topological polar surface area (TPSA) is 180 Å². The number of nitrogens with zero attached hydrogens (tertiary/aromatic N) is 1. The molecule has 0 radical (unpaired) electrons. The summed E-state index contributed by atoms with van der Waals surface area (Å²) in [7, 11) is 0. The van der Waals surface area contributed by atoms with Crippen molar-refractivity contribution < 1.29 is 47.0 Å². The van der Waals surface area contributed by atoms with Crippen molar-refractivity contribution in [2.24, 2.45) is 11.7 Å². The van der Waals surface area contributed by atoms with Gasteiger partial charge in [0.2, 0.25) is 11.8 Å². The highest BCUT2D eigenvalue weighted by atomic mass is 19.4. The van der Waals surface area contributed by atoms with Crippen LogP contribution in [0.1, 0.15) is 47.2 Å². The van der Waals surface area contributed by atoms with Gasteiger partial charge in [0.1, 0.15) is 11.8 Å². The Balaban J connectivity index is 0.000000541. The number of rotatable bonds is 7. The van der Waals surface area contributed by atoms with E-state index in [0.29, 0.717) is 36.7 Å². The molecule has 0 aromatic heterocycles. The Bertz CT molecular complexity index is 1390. The standard InChI is InChI=1S/C26H29N5O5.C2HF3O2/c27-12-16-10-20(11-16)36-19-4-2-18(3-5-19)29-26(35)28-13-15-1-6-21-17(9-15)14-31(25(21)34)22-7-8-23(32)30-24(22)33;3-2(4,5)1(6)7/h1-6,9,16,20,22H,7-8,10-14,27H2,(H2,28,29,35)(H,30,32,33);(H,6,7). The maximum Gasteiger partial charge on any atom is 0.490 e. The first-order chi connectivity index (χ1) is 20.3. The number of carbonyl (C=O) groups excluding carboxylic acids is 4. The van der Waals surface area contributed by atoms with Crippen LogP contribution in [0.5, 0.6) is 5.75 Å². The van der Waals surface area contributed by atoms with Gasteiger partial charge in [-0.1, -0.05) is 12.1 Å². The van der Waals surface area contributed by atoms with Crippen LogP contribution in [0.15, 0.2) is 42.5 Å². The predicted molar refractivity (Wildman–Crippen MR) is 145 cm³/mol. The van der Waals surface area contributed by atoms with Gasteiger partial charge in [0.05, 0.1) is 6.10 Å². The van der Waals surface area contributed by atoms with Crippen LogP contribution >= 0.6 is 0 Å². The molecule has 2 fully saturated rings. The van der Waals surface area contributed by atoms with Gasteiger partial charge in [-0.3, -0.25) is 19.7 Å². The largest absolute Gasteiger partial charge is 0.490 e. The summed E-state index contributed by atoms with van der Waals surface area (Å²) < 4.78 is 37.6. The third-order valence-electron chi connectivity index (χ3n) is 7.22. The molecule has 0 spiro atoms. The molecule has 15 heteroatoms. The number of hydrogen-bond donors (Lipinski definition) is 5. The lowest BCUT2D eigenvalue weighted by molar-refractivity contribution is -0.192. The number of hydrogen-bond acceptors (Lipinski definition) is 7. The minimum atomic E-state index is -5.08. The highest BCUT2D eigenvalue weighted by molar-refractivity contribution is 6.05. The quantitative estimate of drug-likeness (QED) is 0.299. The van der Waals surface area contributed by atoms with Crippen LogP contribution in [0.4, 0.5) is 23.7 Å². The van der Waals surface area contributed by atoms with E-state index < -0.39 is 24.1 Å². The molecular weight excluding hydrogens is 575 g/mol. The monoisotopic (exact) mass is 605 g/mol. The van der Waals surface area contributed by atoms with E-state index in [4.69, 9.17) is 20.4 Å². The Hall–Kier alpha value is -4.66. The number of imide groups is 1. The number of benzene rings is 2. The Kier molecular flexibility index (Phi) is 9.53. The van der Waals surface area contributed by atoms with Gasteiger partial charge in [0, 0.05) is 30.8 Å². The van der Waals surface area contributed by atoms with Gasteiger partial charge in [-0.2, -0.15) is 13.2 Å². The van der Waals surface area contributed by atoms with Crippen LogP contribution in [0.25, 0.3) is 0 Å². The number of anilines is 1. The predicted octanol–water partition coefficient (Wildman–Crippen LogP) is 2.52. The summed E-state index contributed by atoms with van der Waals surface area (Å²) >= 11 is 0. The number of halogens is 3. The fourth-order valence-corrected chi connectivity index (χ4v) is 4.87. The van der Waals surface area contributed by atoms with Crippen molar-refractivity contribution in [3.63, 3.8) is 0 Å². The van der Waals surface area contributed by atoms with Crippen molar-refractivity contribution in [3.8, 4) is 5.75 Å². The Morgan fingerprint density at radius 1 is 1.09 bits per heavy atom. The molecule has 12 nitrogen and oxygen atoms in total. The number of carbonyl (C=O) groups is 5. The van der Waals surface area contributed by atoms with E-state index in [1.807, 2.05) is 18.2 Å². The van der Waals surface area contributed by atoms with Gasteiger partial charge >= 0.3 is 18.2 Å². The third-order valence-corrected chi connectivity index (χ3v) is 7.22. The van der Waals surface area contributed by atoms with Gasteiger partial charge in [-0.15, -0.1) is 0 Å². The summed E-state index contributed by atoms with van der Waals surface area (Å²) in [6.07, 6.45) is -2.39. The number of piperidine rings is 1. The summed E-state index contributed by atoms with van der Waals surface area (Å²) in [6, 6.07) is 11.6. The molecule has 2 aliphatic heterocycles. The molecule has 1 aliphatic carbocycles. The van der Waals surface area contributed by atoms with Crippen LogP contribution in [0.3, 0.4) is 0 Å². The molecule has 2 heterocycles. The van der Waals surface area contributed by atoms with Gasteiger partial charge in [0.25, 0.3) is 5.91 Å². The molecule has 1 atom stereocenters. The van der Waals surface area contributed by atoms with Crippen molar-refractivity contribution in [1.29, 1.82) is 0 Å². The van der Waals surface area contributed by atoms with Crippen LogP contribution in [-0.4, -0.2) is 64.6 Å². The molecule has 1 saturated carbocycles. The first-order valence-electron chi connectivity index (χ1n) is 13.4. The zero-order valence-corrected chi connectivity index (χ0v) is 22.8. The van der Waals surface area contributed by atoms with E-state index in [9.17, 15) is 32.3 Å². The lowest BCUT2D eigenvalue weighted by Gasteiger charge is -2.34. The van der Waals surface area contributed by atoms with E-state index in [2.05, 4.69) is 16.0 Å². The molecule has 6 N–H and O–H groups in total. The minimum Gasteiger partial charge on any atom is -0.490 e. The number of aliphatic carboxylic acids is 1. The van der Waals surface area contributed by atoms with Gasteiger partial charge < -0.3 is 31.1 Å². The smallest absolute Gasteiger partial charge is 0.490 e. The zero-order chi connectivity index (χ0) is 31.3. The molecule has 2 aromatic rings. The summed E-state index contributed by atoms with van der Waals surface area (Å²) in [4.78, 5) is 59.2. The van der Waals surface area contributed by atoms with E-state index in [1.165, 1.54) is 4.90 Å². The van der Waals surface area contributed by atoms with Crippen LogP contribution in [0.2, 0.25) is 0 Å². The maximum absolute atomic E-state index is 12.8. The first kappa shape index (κ1) is 31.3. The highest BCUT2D eigenvalue weighted by Gasteiger charge is 2.39. The molecule has 1 unspecified atom stereocenters. The molecular formula is C28H30F3N5O7. The molecule has 2 aromatic carbocycles. The van der Waals surface area contributed by atoms with Crippen LogP contribution in [0, 0.1) is 5.92 Å². The summed E-state index contributed by atoms with van der Waals surface area (Å²) in [6.45, 7) is 1.27. The van der Waals surface area contributed by atoms with Crippen molar-refractivity contribution in [2.75, 3.05) is 11.9 Å². The number of nitrogens with one attached hydrogen (secondary N) is 3. The SMILES string of the molecule is NCC1CC(Oc2ccc(NC(=O)NCc3ccc4c(c3)CN(C3CCC(=O)NC3=O)C4=O)cc2)C1.O=C(O)C(F)(F)F. The lowest BCUT2D eigenvalue weighted by Crippen LogP contribution is -2.52. The Morgan fingerprint density at radius 2 is 1.77 bits per heavy atom. The number of urea groups is 1. The average Bonchev–Trinajstić information content (AvgIpc) is 3.25. The summed E-state index contributed by atoms with van der Waals surface area (Å²) in [5, 5.41) is 15.0. The van der Waals surface area contributed by atoms with Crippen molar-refractivity contribution in [1.82, 2.24) is 15.5 Å².